The number of nitrogens with one attached hydrogen (secondary N) is 1. The second kappa shape index (κ2) is 11.8. The highest BCUT2D eigenvalue weighted by Crippen LogP contribution is 2.23. The molecule has 1 unspecified atom stereocenters. The molecule has 0 aromatic heterocycles. The molecule has 1 amide bonds. The number of halogens is 3. The van der Waals surface area contributed by atoms with E-state index >= 15 is 0 Å². The molecule has 0 heterocycles. The molecule has 0 spiro atoms. The van der Waals surface area contributed by atoms with Gasteiger partial charge in [-0.25, -0.2) is 0 Å². The minimum Gasteiger partial charge on any atom is -0.393 e. The standard InChI is InChI=1S/C15H28F3NO2/c1-13(20)9-8-12-19-14(21)10-6-4-2-3-5-7-11-15(16,17)18/h13,20H,2-12H2,1H3,(H,19,21). The van der Waals surface area contributed by atoms with Crippen LogP contribution in [0.1, 0.15) is 71.1 Å². The molecule has 0 saturated heterocycles. The smallest absolute Gasteiger partial charge is 0.389 e. The lowest BCUT2D eigenvalue weighted by Crippen LogP contribution is -2.24. The van der Waals surface area contributed by atoms with Crippen LogP contribution in [0.5, 0.6) is 0 Å². The van der Waals surface area contributed by atoms with Crippen molar-refractivity contribution in [3.8, 4) is 0 Å². The zero-order valence-corrected chi connectivity index (χ0v) is 12.8. The summed E-state index contributed by atoms with van der Waals surface area (Å²) in [6.07, 6.45) is 0.997. The van der Waals surface area contributed by atoms with E-state index < -0.39 is 12.6 Å². The number of aliphatic hydroxyl groups is 1. The third-order valence-electron chi connectivity index (χ3n) is 3.23. The van der Waals surface area contributed by atoms with Gasteiger partial charge in [-0.1, -0.05) is 25.7 Å². The van der Waals surface area contributed by atoms with Gasteiger partial charge in [0.25, 0.3) is 0 Å². The molecule has 0 rings (SSSR count). The Balaban J connectivity index is 3.25. The summed E-state index contributed by atoms with van der Waals surface area (Å²) in [4.78, 5) is 11.4. The SMILES string of the molecule is CC(O)CCCNC(=O)CCCCCCCCC(F)(F)F. The van der Waals surface area contributed by atoms with E-state index in [0.717, 1.165) is 32.1 Å². The Hall–Kier alpha value is -0.780. The van der Waals surface area contributed by atoms with Crippen molar-refractivity contribution >= 4 is 5.91 Å². The fraction of sp³-hybridized carbons (Fsp3) is 0.933. The molecular formula is C15H28F3NO2. The number of amides is 1. The van der Waals surface area contributed by atoms with Gasteiger partial charge >= 0.3 is 6.18 Å². The van der Waals surface area contributed by atoms with Crippen LogP contribution in [0.4, 0.5) is 13.2 Å². The molecular weight excluding hydrogens is 283 g/mol. The van der Waals surface area contributed by atoms with Crippen LogP contribution in [0.25, 0.3) is 0 Å². The number of carbonyl (C=O) groups is 1. The highest BCUT2D eigenvalue weighted by atomic mass is 19.4. The van der Waals surface area contributed by atoms with Gasteiger partial charge < -0.3 is 10.4 Å². The van der Waals surface area contributed by atoms with Crippen LogP contribution < -0.4 is 5.32 Å². The van der Waals surface area contributed by atoms with Gasteiger partial charge in [0.05, 0.1) is 6.10 Å². The van der Waals surface area contributed by atoms with Crippen LogP contribution in [0.15, 0.2) is 0 Å². The first-order valence-corrected chi connectivity index (χ1v) is 7.83. The maximum absolute atomic E-state index is 11.9. The fourth-order valence-corrected chi connectivity index (χ4v) is 2.03. The molecule has 0 aliphatic rings. The molecule has 0 aliphatic carbocycles. The maximum Gasteiger partial charge on any atom is 0.389 e. The first-order chi connectivity index (χ1) is 9.81. The van der Waals surface area contributed by atoms with Crippen LogP contribution in [-0.4, -0.2) is 29.8 Å². The molecule has 1 atom stereocenters. The minimum absolute atomic E-state index is 0.0117. The van der Waals surface area contributed by atoms with Crippen LogP contribution >= 0.6 is 0 Å². The minimum atomic E-state index is -4.04. The van der Waals surface area contributed by atoms with E-state index in [9.17, 15) is 18.0 Å². The van der Waals surface area contributed by atoms with Crippen molar-refractivity contribution < 1.29 is 23.1 Å². The summed E-state index contributed by atoms with van der Waals surface area (Å²) in [6.45, 7) is 2.30. The van der Waals surface area contributed by atoms with Gasteiger partial charge in [0.15, 0.2) is 0 Å². The van der Waals surface area contributed by atoms with E-state index in [1.807, 2.05) is 0 Å². The van der Waals surface area contributed by atoms with E-state index in [-0.39, 0.29) is 18.4 Å². The molecule has 0 aromatic carbocycles. The lowest BCUT2D eigenvalue weighted by molar-refractivity contribution is -0.135. The summed E-state index contributed by atoms with van der Waals surface area (Å²) in [7, 11) is 0. The van der Waals surface area contributed by atoms with Crippen molar-refractivity contribution in [2.24, 2.45) is 0 Å². The summed E-state index contributed by atoms with van der Waals surface area (Å²) < 4.78 is 35.7. The Bertz CT molecular complexity index is 268. The second-order valence-electron chi connectivity index (χ2n) is 5.58. The number of hydrogen-bond donors (Lipinski definition) is 2. The van der Waals surface area contributed by atoms with Crippen molar-refractivity contribution in [3.05, 3.63) is 0 Å². The van der Waals surface area contributed by atoms with Gasteiger partial charge in [-0.15, -0.1) is 0 Å². The summed E-state index contributed by atoms with van der Waals surface area (Å²) in [5.41, 5.74) is 0. The van der Waals surface area contributed by atoms with Crippen molar-refractivity contribution in [1.82, 2.24) is 5.32 Å². The average Bonchev–Trinajstić information content (AvgIpc) is 2.36. The number of hydrogen-bond acceptors (Lipinski definition) is 2. The third kappa shape index (κ3) is 17.2. The van der Waals surface area contributed by atoms with Crippen LogP contribution in [0.3, 0.4) is 0 Å². The van der Waals surface area contributed by atoms with Crippen LogP contribution in [0, 0.1) is 0 Å². The van der Waals surface area contributed by atoms with E-state index in [4.69, 9.17) is 5.11 Å². The molecule has 0 aromatic rings. The highest BCUT2D eigenvalue weighted by molar-refractivity contribution is 5.75. The molecule has 3 nitrogen and oxygen atoms in total. The highest BCUT2D eigenvalue weighted by Gasteiger charge is 2.25. The molecule has 0 radical (unpaired) electrons. The summed E-state index contributed by atoms with van der Waals surface area (Å²) >= 11 is 0. The van der Waals surface area contributed by atoms with Gasteiger partial charge in [0.2, 0.25) is 5.91 Å². The Morgan fingerprint density at radius 3 is 2.19 bits per heavy atom. The molecule has 0 saturated carbocycles. The number of rotatable bonds is 12. The fourth-order valence-electron chi connectivity index (χ4n) is 2.03. The van der Waals surface area contributed by atoms with E-state index in [2.05, 4.69) is 5.32 Å². The molecule has 0 fully saturated rings. The summed E-state index contributed by atoms with van der Waals surface area (Å²) in [5.74, 6) is 0.0117. The maximum atomic E-state index is 11.9. The summed E-state index contributed by atoms with van der Waals surface area (Å²) in [5, 5.41) is 11.8. The van der Waals surface area contributed by atoms with Gasteiger partial charge in [-0.3, -0.25) is 4.79 Å². The Morgan fingerprint density at radius 1 is 1.05 bits per heavy atom. The largest absolute Gasteiger partial charge is 0.393 e. The molecule has 0 aliphatic heterocycles. The molecule has 2 N–H and O–H groups in total. The van der Waals surface area contributed by atoms with Gasteiger partial charge in [0, 0.05) is 19.4 Å². The quantitative estimate of drug-likeness (QED) is 0.536. The molecule has 0 bridgehead atoms. The van der Waals surface area contributed by atoms with E-state index in [1.54, 1.807) is 6.92 Å². The van der Waals surface area contributed by atoms with Crippen molar-refractivity contribution in [2.45, 2.75) is 83.4 Å². The van der Waals surface area contributed by atoms with Crippen LogP contribution in [-0.2, 0) is 4.79 Å². The zero-order valence-electron chi connectivity index (χ0n) is 12.8. The average molecular weight is 311 g/mol. The normalized spacial score (nSPS) is 13.2. The van der Waals surface area contributed by atoms with Gasteiger partial charge in [0.1, 0.15) is 0 Å². The molecule has 126 valence electrons. The first kappa shape index (κ1) is 20.2. The summed E-state index contributed by atoms with van der Waals surface area (Å²) in [6, 6.07) is 0. The third-order valence-corrected chi connectivity index (χ3v) is 3.23. The Labute approximate surface area is 125 Å². The number of alkyl halides is 3. The Morgan fingerprint density at radius 2 is 1.62 bits per heavy atom. The van der Waals surface area contributed by atoms with Crippen molar-refractivity contribution in [3.63, 3.8) is 0 Å². The lowest BCUT2D eigenvalue weighted by Gasteiger charge is -2.07. The van der Waals surface area contributed by atoms with Crippen molar-refractivity contribution in [1.29, 1.82) is 0 Å². The van der Waals surface area contributed by atoms with Crippen LogP contribution in [0.2, 0.25) is 0 Å². The lowest BCUT2D eigenvalue weighted by atomic mass is 10.1. The van der Waals surface area contributed by atoms with Crippen molar-refractivity contribution in [2.75, 3.05) is 6.54 Å². The zero-order chi connectivity index (χ0) is 16.1. The monoisotopic (exact) mass is 311 g/mol. The van der Waals surface area contributed by atoms with E-state index in [0.29, 0.717) is 25.8 Å². The second-order valence-corrected chi connectivity index (χ2v) is 5.58. The predicted molar refractivity (Wildman–Crippen MR) is 76.9 cm³/mol. The Kier molecular flexibility index (Phi) is 11.4. The number of aliphatic hydroxyl groups excluding tert-OH is 1. The number of unbranched alkanes of at least 4 members (excludes halogenated alkanes) is 5. The molecule has 6 heteroatoms. The van der Waals surface area contributed by atoms with Gasteiger partial charge in [-0.2, -0.15) is 13.2 Å². The molecule has 21 heavy (non-hydrogen) atoms. The predicted octanol–water partition coefficient (Wildman–Crippen LogP) is 3.95. The topological polar surface area (TPSA) is 49.3 Å². The number of carbonyl (C=O) groups excluding carboxylic acids is 1. The van der Waals surface area contributed by atoms with E-state index in [1.165, 1.54) is 0 Å². The van der Waals surface area contributed by atoms with Gasteiger partial charge in [-0.05, 0) is 32.6 Å². The first-order valence-electron chi connectivity index (χ1n) is 7.83.